The number of imidazole rings is 1. The van der Waals surface area contributed by atoms with E-state index in [0.717, 1.165) is 37.2 Å². The van der Waals surface area contributed by atoms with E-state index in [-0.39, 0.29) is 5.41 Å². The Morgan fingerprint density at radius 3 is 2.65 bits per heavy atom. The van der Waals surface area contributed by atoms with Gasteiger partial charge in [-0.1, -0.05) is 20.3 Å². The molecule has 1 N–H and O–H groups in total. The minimum absolute atomic E-state index is 0.154. The smallest absolute Gasteiger partial charge is 0.342 e. The highest BCUT2D eigenvalue weighted by atomic mass is 19.4. The summed E-state index contributed by atoms with van der Waals surface area (Å²) in [6.07, 6.45) is -1.00. The van der Waals surface area contributed by atoms with Crippen LogP contribution in [0.5, 0.6) is 0 Å². The third kappa shape index (κ3) is 2.19. The van der Waals surface area contributed by atoms with Crippen LogP contribution in [-0.4, -0.2) is 9.97 Å². The number of fused-ring (bicyclic) bond motifs is 1. The molecule has 1 heterocycles. The minimum atomic E-state index is -4.31. The maximum absolute atomic E-state index is 12.7. The van der Waals surface area contributed by atoms with E-state index >= 15 is 0 Å². The molecule has 2 aromatic rings. The second-order valence-corrected chi connectivity index (χ2v) is 6.29. The normalized spacial score (nSPS) is 22.6. The number of nitrogens with one attached hydrogen (secondary N) is 1. The third-order valence-electron chi connectivity index (χ3n) is 4.41. The van der Waals surface area contributed by atoms with Gasteiger partial charge in [0.2, 0.25) is 0 Å². The topological polar surface area (TPSA) is 28.7 Å². The van der Waals surface area contributed by atoms with Gasteiger partial charge in [-0.25, -0.2) is 4.98 Å². The number of alkyl halides is 3. The number of nitrogens with zero attached hydrogens (tertiary/aromatic N) is 1. The second-order valence-electron chi connectivity index (χ2n) is 6.29. The summed E-state index contributed by atoms with van der Waals surface area (Å²) < 4.78 is 38.1. The van der Waals surface area contributed by atoms with Gasteiger partial charge in [-0.15, -0.1) is 0 Å². The highest BCUT2D eigenvalue weighted by Gasteiger charge is 2.37. The number of aromatic amines is 1. The van der Waals surface area contributed by atoms with Crippen LogP contribution in [0, 0.1) is 5.41 Å². The average Bonchev–Trinajstić information content (AvgIpc) is 2.88. The summed E-state index contributed by atoms with van der Waals surface area (Å²) in [5.74, 6) is 1.12. The van der Waals surface area contributed by atoms with Crippen LogP contribution < -0.4 is 0 Å². The molecule has 20 heavy (non-hydrogen) atoms. The van der Waals surface area contributed by atoms with Gasteiger partial charge in [0.1, 0.15) is 5.82 Å². The van der Waals surface area contributed by atoms with Gasteiger partial charge < -0.3 is 4.98 Å². The van der Waals surface area contributed by atoms with Crippen molar-refractivity contribution >= 4 is 11.0 Å². The molecule has 1 aromatic carbocycles. The Hall–Kier alpha value is -1.52. The zero-order valence-corrected chi connectivity index (χ0v) is 11.5. The monoisotopic (exact) mass is 282 g/mol. The van der Waals surface area contributed by atoms with E-state index in [4.69, 9.17) is 0 Å². The van der Waals surface area contributed by atoms with Crippen molar-refractivity contribution in [1.29, 1.82) is 0 Å². The molecule has 1 unspecified atom stereocenters. The summed E-state index contributed by atoms with van der Waals surface area (Å²) in [6, 6.07) is 3.68. The van der Waals surface area contributed by atoms with Crippen molar-refractivity contribution < 1.29 is 13.2 Å². The van der Waals surface area contributed by atoms with E-state index in [1.54, 1.807) is 0 Å². The van der Waals surface area contributed by atoms with E-state index in [0.29, 0.717) is 17.0 Å². The number of aromatic nitrogens is 2. The van der Waals surface area contributed by atoms with Gasteiger partial charge in [0.25, 0.3) is 0 Å². The Balaban J connectivity index is 2.03. The molecule has 1 saturated carbocycles. The number of rotatable bonds is 1. The number of H-pyrrole nitrogens is 1. The molecule has 1 fully saturated rings. The summed E-state index contributed by atoms with van der Waals surface area (Å²) in [6.45, 7) is 4.39. The van der Waals surface area contributed by atoms with E-state index in [1.807, 2.05) is 0 Å². The maximum Gasteiger partial charge on any atom is 0.416 e. The first-order valence-corrected chi connectivity index (χ1v) is 6.84. The molecule has 0 aliphatic heterocycles. The number of hydrogen-bond donors (Lipinski definition) is 1. The van der Waals surface area contributed by atoms with E-state index < -0.39 is 11.7 Å². The van der Waals surface area contributed by atoms with Crippen LogP contribution in [0.25, 0.3) is 11.0 Å². The lowest BCUT2D eigenvalue weighted by molar-refractivity contribution is -0.137. The fourth-order valence-electron chi connectivity index (χ4n) is 3.20. The highest BCUT2D eigenvalue weighted by molar-refractivity contribution is 5.76. The molecule has 1 aliphatic rings. The first-order valence-electron chi connectivity index (χ1n) is 6.84. The standard InChI is InChI=1S/C15H17F3N2/c1-14(2)7-3-4-10(14)13-19-11-6-5-9(15(16,17)18)8-12(11)20-13/h5-6,8,10H,3-4,7H2,1-2H3,(H,19,20). The molecule has 1 aliphatic carbocycles. The highest BCUT2D eigenvalue weighted by Crippen LogP contribution is 2.48. The molecule has 0 spiro atoms. The predicted molar refractivity (Wildman–Crippen MR) is 71.5 cm³/mol. The molecule has 108 valence electrons. The van der Waals surface area contributed by atoms with E-state index in [2.05, 4.69) is 23.8 Å². The minimum Gasteiger partial charge on any atom is -0.342 e. The Bertz CT molecular complexity index is 640. The molecule has 0 amide bonds. The van der Waals surface area contributed by atoms with Gasteiger partial charge in [0, 0.05) is 5.92 Å². The van der Waals surface area contributed by atoms with Crippen LogP contribution >= 0.6 is 0 Å². The lowest BCUT2D eigenvalue weighted by Gasteiger charge is -2.24. The molecule has 0 radical (unpaired) electrons. The van der Waals surface area contributed by atoms with Gasteiger partial charge in [0.05, 0.1) is 16.6 Å². The van der Waals surface area contributed by atoms with Gasteiger partial charge >= 0.3 is 6.18 Å². The maximum atomic E-state index is 12.7. The molecule has 1 atom stereocenters. The van der Waals surface area contributed by atoms with Crippen LogP contribution in [-0.2, 0) is 6.18 Å². The van der Waals surface area contributed by atoms with Gasteiger partial charge in [-0.3, -0.25) is 0 Å². The SMILES string of the molecule is CC1(C)CCCC1c1nc2ccc(C(F)(F)F)cc2[nH]1. The van der Waals surface area contributed by atoms with Crippen LogP contribution in [0.4, 0.5) is 13.2 Å². The Labute approximate surface area is 115 Å². The molecule has 0 saturated heterocycles. The van der Waals surface area contributed by atoms with Crippen molar-refractivity contribution in [3.8, 4) is 0 Å². The molecule has 5 heteroatoms. The van der Waals surface area contributed by atoms with E-state index in [9.17, 15) is 13.2 Å². The van der Waals surface area contributed by atoms with Crippen molar-refractivity contribution in [3.63, 3.8) is 0 Å². The van der Waals surface area contributed by atoms with Crippen molar-refractivity contribution in [2.75, 3.05) is 0 Å². The van der Waals surface area contributed by atoms with E-state index in [1.165, 1.54) is 6.07 Å². The zero-order chi connectivity index (χ0) is 14.5. The lowest BCUT2D eigenvalue weighted by atomic mass is 9.81. The molecule has 2 nitrogen and oxygen atoms in total. The number of benzene rings is 1. The fourth-order valence-corrected chi connectivity index (χ4v) is 3.20. The lowest BCUT2D eigenvalue weighted by Crippen LogP contribution is -2.16. The Morgan fingerprint density at radius 2 is 2.05 bits per heavy atom. The molecule has 3 rings (SSSR count). The molecular weight excluding hydrogens is 265 g/mol. The quantitative estimate of drug-likeness (QED) is 0.793. The van der Waals surface area contributed by atoms with Gasteiger partial charge in [-0.2, -0.15) is 13.2 Å². The first-order chi connectivity index (χ1) is 9.27. The summed E-state index contributed by atoms with van der Waals surface area (Å²) in [5, 5.41) is 0. The predicted octanol–water partition coefficient (Wildman–Crippen LogP) is 4.88. The third-order valence-corrected chi connectivity index (χ3v) is 4.41. The van der Waals surface area contributed by atoms with Crippen molar-refractivity contribution in [3.05, 3.63) is 29.6 Å². The summed E-state index contributed by atoms with van der Waals surface area (Å²) >= 11 is 0. The number of halogens is 3. The molecule has 1 aromatic heterocycles. The van der Waals surface area contributed by atoms with Gasteiger partial charge in [0.15, 0.2) is 0 Å². The van der Waals surface area contributed by atoms with Crippen molar-refractivity contribution in [1.82, 2.24) is 9.97 Å². The van der Waals surface area contributed by atoms with Crippen LogP contribution in [0.15, 0.2) is 18.2 Å². The molecule has 0 bridgehead atoms. The van der Waals surface area contributed by atoms with Crippen LogP contribution in [0.2, 0.25) is 0 Å². The fraction of sp³-hybridized carbons (Fsp3) is 0.533. The van der Waals surface area contributed by atoms with Crippen molar-refractivity contribution in [2.24, 2.45) is 5.41 Å². The average molecular weight is 282 g/mol. The largest absolute Gasteiger partial charge is 0.416 e. The first kappa shape index (κ1) is 13.5. The number of hydrogen-bond acceptors (Lipinski definition) is 1. The van der Waals surface area contributed by atoms with Crippen LogP contribution in [0.1, 0.15) is 50.4 Å². The molecular formula is C15H17F3N2. The Kier molecular flexibility index (Phi) is 2.85. The van der Waals surface area contributed by atoms with Crippen LogP contribution in [0.3, 0.4) is 0 Å². The summed E-state index contributed by atoms with van der Waals surface area (Å²) in [4.78, 5) is 7.59. The summed E-state index contributed by atoms with van der Waals surface area (Å²) in [5.41, 5.74) is 0.597. The van der Waals surface area contributed by atoms with Gasteiger partial charge in [-0.05, 0) is 36.5 Å². The van der Waals surface area contributed by atoms with Crippen molar-refractivity contribution in [2.45, 2.75) is 45.2 Å². The summed E-state index contributed by atoms with van der Waals surface area (Å²) in [7, 11) is 0. The zero-order valence-electron chi connectivity index (χ0n) is 11.5. The Morgan fingerprint density at radius 1 is 1.30 bits per heavy atom. The second kappa shape index (κ2) is 4.24.